The van der Waals surface area contributed by atoms with Gasteiger partial charge in [-0.15, -0.1) is 0 Å². The average molecular weight is 228 g/mol. The van der Waals surface area contributed by atoms with Gasteiger partial charge in [0, 0.05) is 25.2 Å². The number of hydrogen-bond acceptors (Lipinski definition) is 2. The largest absolute Gasteiger partial charge is 0.300 e. The van der Waals surface area contributed by atoms with Crippen molar-refractivity contribution in [2.45, 2.75) is 19.8 Å². The van der Waals surface area contributed by atoms with Gasteiger partial charge in [-0.3, -0.25) is 4.68 Å². The monoisotopic (exact) mass is 228 g/mol. The van der Waals surface area contributed by atoms with Crippen LogP contribution < -0.4 is 0 Å². The summed E-state index contributed by atoms with van der Waals surface area (Å²) >= 11 is 0. The molecule has 0 saturated heterocycles. The first-order valence-electron chi connectivity index (χ1n) is 5.72. The molecule has 1 aromatic carbocycles. The van der Waals surface area contributed by atoms with Crippen LogP contribution in [0.2, 0.25) is 0 Å². The normalized spacial score (nSPS) is 10.5. The summed E-state index contributed by atoms with van der Waals surface area (Å²) in [5, 5.41) is 4.15. The van der Waals surface area contributed by atoms with Gasteiger partial charge in [0.1, 0.15) is 5.78 Å². The highest BCUT2D eigenvalue weighted by atomic mass is 16.1. The Morgan fingerprint density at radius 3 is 2.47 bits per heavy atom. The van der Waals surface area contributed by atoms with Crippen molar-refractivity contribution in [3.8, 4) is 11.1 Å². The highest BCUT2D eigenvalue weighted by Crippen LogP contribution is 2.19. The molecule has 0 N–H and O–H groups in total. The molecule has 1 heterocycles. The van der Waals surface area contributed by atoms with E-state index in [0.717, 1.165) is 17.5 Å². The summed E-state index contributed by atoms with van der Waals surface area (Å²) in [5.74, 6) is 0.237. The predicted molar refractivity (Wildman–Crippen MR) is 67.6 cm³/mol. The van der Waals surface area contributed by atoms with Crippen molar-refractivity contribution in [2.24, 2.45) is 7.05 Å². The zero-order valence-electron chi connectivity index (χ0n) is 10.2. The zero-order chi connectivity index (χ0) is 12.3. The molecule has 0 aliphatic carbocycles. The van der Waals surface area contributed by atoms with E-state index in [4.69, 9.17) is 0 Å². The predicted octanol–water partition coefficient (Wildman–Crippen LogP) is 2.61. The average Bonchev–Trinajstić information content (AvgIpc) is 2.74. The number of hydrogen-bond donors (Lipinski definition) is 0. The lowest BCUT2D eigenvalue weighted by Gasteiger charge is -2.01. The molecule has 0 unspecified atom stereocenters. The van der Waals surface area contributed by atoms with Crippen molar-refractivity contribution in [1.82, 2.24) is 9.78 Å². The number of carbonyl (C=O) groups is 1. The number of nitrogens with zero attached hydrogens (tertiary/aromatic N) is 2. The molecule has 3 heteroatoms. The lowest BCUT2D eigenvalue weighted by molar-refractivity contribution is -0.116. The van der Waals surface area contributed by atoms with E-state index in [9.17, 15) is 4.79 Å². The molecule has 3 nitrogen and oxygen atoms in total. The van der Waals surface area contributed by atoms with Crippen LogP contribution >= 0.6 is 0 Å². The molecule has 88 valence electrons. The van der Waals surface area contributed by atoms with E-state index in [1.807, 2.05) is 19.4 Å². The van der Waals surface area contributed by atoms with Crippen molar-refractivity contribution in [1.29, 1.82) is 0 Å². The summed E-state index contributed by atoms with van der Waals surface area (Å²) in [5.41, 5.74) is 3.48. The number of rotatable bonds is 4. The van der Waals surface area contributed by atoms with Crippen LogP contribution in [0.5, 0.6) is 0 Å². The second kappa shape index (κ2) is 4.95. The minimum atomic E-state index is 0.237. The number of ketones is 1. The third-order valence-corrected chi connectivity index (χ3v) is 2.76. The molecule has 0 aliphatic heterocycles. The van der Waals surface area contributed by atoms with Gasteiger partial charge < -0.3 is 4.79 Å². The number of Topliss-reactive ketones (excluding diaryl/α,β-unsaturated/α-hetero) is 1. The smallest absolute Gasteiger partial charge is 0.130 e. The molecule has 0 spiro atoms. The van der Waals surface area contributed by atoms with Gasteiger partial charge in [-0.25, -0.2) is 0 Å². The number of benzene rings is 1. The summed E-state index contributed by atoms with van der Waals surface area (Å²) in [6.45, 7) is 1.63. The zero-order valence-corrected chi connectivity index (χ0v) is 10.2. The van der Waals surface area contributed by atoms with Crippen molar-refractivity contribution in [2.75, 3.05) is 0 Å². The first-order chi connectivity index (χ1) is 8.15. The molecule has 17 heavy (non-hydrogen) atoms. The number of aromatic nitrogens is 2. The third-order valence-electron chi connectivity index (χ3n) is 2.76. The Labute approximate surface area is 101 Å². The molecular weight excluding hydrogens is 212 g/mol. The van der Waals surface area contributed by atoms with Gasteiger partial charge in [-0.05, 0) is 24.5 Å². The maximum atomic E-state index is 10.9. The Kier molecular flexibility index (Phi) is 3.38. The summed E-state index contributed by atoms with van der Waals surface area (Å²) in [7, 11) is 1.91. The first kappa shape index (κ1) is 11.6. The minimum Gasteiger partial charge on any atom is -0.300 e. The molecule has 0 bridgehead atoms. The van der Waals surface area contributed by atoms with Crippen molar-refractivity contribution >= 4 is 5.78 Å². The van der Waals surface area contributed by atoms with Crippen LogP contribution in [0.4, 0.5) is 0 Å². The SMILES string of the molecule is CC(=O)CCc1ccc(-c2cnn(C)c2)cc1. The van der Waals surface area contributed by atoms with Gasteiger partial charge >= 0.3 is 0 Å². The first-order valence-corrected chi connectivity index (χ1v) is 5.72. The molecule has 0 fully saturated rings. The lowest BCUT2D eigenvalue weighted by Crippen LogP contribution is -1.93. The molecule has 0 radical (unpaired) electrons. The lowest BCUT2D eigenvalue weighted by atomic mass is 10.0. The molecule has 1 aromatic heterocycles. The van der Waals surface area contributed by atoms with Crippen LogP contribution in [0.15, 0.2) is 36.7 Å². The van der Waals surface area contributed by atoms with Crippen LogP contribution in [0.3, 0.4) is 0 Å². The fraction of sp³-hybridized carbons (Fsp3) is 0.286. The molecule has 2 rings (SSSR count). The van der Waals surface area contributed by atoms with Gasteiger partial charge in [0.2, 0.25) is 0 Å². The Morgan fingerprint density at radius 1 is 1.24 bits per heavy atom. The van der Waals surface area contributed by atoms with Crippen molar-refractivity contribution < 1.29 is 4.79 Å². The number of aryl methyl sites for hydroxylation is 2. The molecule has 0 amide bonds. The standard InChI is InChI=1S/C14H16N2O/c1-11(17)3-4-12-5-7-13(8-6-12)14-9-15-16(2)10-14/h5-10H,3-4H2,1-2H3. The fourth-order valence-electron chi connectivity index (χ4n) is 1.75. The molecule has 0 atom stereocenters. The summed E-state index contributed by atoms with van der Waals surface area (Å²) in [6.07, 6.45) is 5.28. The van der Waals surface area contributed by atoms with Crippen LogP contribution in [0.25, 0.3) is 11.1 Å². The van der Waals surface area contributed by atoms with Gasteiger partial charge in [-0.1, -0.05) is 24.3 Å². The van der Waals surface area contributed by atoms with Crippen molar-refractivity contribution in [3.05, 3.63) is 42.2 Å². The summed E-state index contributed by atoms with van der Waals surface area (Å²) < 4.78 is 1.79. The Hall–Kier alpha value is -1.90. The minimum absolute atomic E-state index is 0.237. The van der Waals surface area contributed by atoms with E-state index < -0.39 is 0 Å². The summed E-state index contributed by atoms with van der Waals surface area (Å²) in [6, 6.07) is 8.30. The Morgan fingerprint density at radius 2 is 1.94 bits per heavy atom. The second-order valence-corrected chi connectivity index (χ2v) is 4.30. The van der Waals surface area contributed by atoms with E-state index in [2.05, 4.69) is 29.4 Å². The molecule has 2 aromatic rings. The topological polar surface area (TPSA) is 34.9 Å². The van der Waals surface area contributed by atoms with E-state index >= 15 is 0 Å². The highest BCUT2D eigenvalue weighted by Gasteiger charge is 2.01. The van der Waals surface area contributed by atoms with Gasteiger partial charge in [0.05, 0.1) is 6.20 Å². The highest BCUT2D eigenvalue weighted by molar-refractivity contribution is 5.75. The van der Waals surface area contributed by atoms with E-state index in [0.29, 0.717) is 6.42 Å². The quantitative estimate of drug-likeness (QED) is 0.806. The number of carbonyl (C=O) groups excluding carboxylic acids is 1. The maximum Gasteiger partial charge on any atom is 0.130 e. The van der Waals surface area contributed by atoms with Crippen LogP contribution in [0, 0.1) is 0 Å². The van der Waals surface area contributed by atoms with E-state index in [1.165, 1.54) is 5.56 Å². The summed E-state index contributed by atoms with van der Waals surface area (Å²) in [4.78, 5) is 10.9. The molecule has 0 saturated carbocycles. The second-order valence-electron chi connectivity index (χ2n) is 4.30. The van der Waals surface area contributed by atoms with E-state index in [-0.39, 0.29) is 5.78 Å². The van der Waals surface area contributed by atoms with Crippen LogP contribution in [-0.2, 0) is 18.3 Å². The van der Waals surface area contributed by atoms with E-state index in [1.54, 1.807) is 11.6 Å². The third kappa shape index (κ3) is 3.03. The van der Waals surface area contributed by atoms with Gasteiger partial charge in [0.15, 0.2) is 0 Å². The Balaban J connectivity index is 2.10. The maximum absolute atomic E-state index is 10.9. The van der Waals surface area contributed by atoms with Crippen LogP contribution in [0.1, 0.15) is 18.9 Å². The Bertz CT molecular complexity index is 511. The van der Waals surface area contributed by atoms with Crippen molar-refractivity contribution in [3.63, 3.8) is 0 Å². The van der Waals surface area contributed by atoms with Gasteiger partial charge in [0.25, 0.3) is 0 Å². The molecule has 0 aliphatic rings. The van der Waals surface area contributed by atoms with Crippen LogP contribution in [-0.4, -0.2) is 15.6 Å². The fourth-order valence-corrected chi connectivity index (χ4v) is 1.75. The van der Waals surface area contributed by atoms with Gasteiger partial charge in [-0.2, -0.15) is 5.10 Å². The molecular formula is C14H16N2O.